The number of nitrogens with zero attached hydrogens (tertiary/aromatic N) is 1. The summed E-state index contributed by atoms with van der Waals surface area (Å²) in [5, 5.41) is 5.00. The second kappa shape index (κ2) is 6.07. The Balaban J connectivity index is 1.73. The first-order valence-corrected chi connectivity index (χ1v) is 7.51. The number of benzene rings is 2. The summed E-state index contributed by atoms with van der Waals surface area (Å²) in [4.78, 5) is 5.59. The molecule has 20 heavy (non-hydrogen) atoms. The van der Waals surface area contributed by atoms with Gasteiger partial charge in [-0.15, -0.1) is 11.3 Å². The zero-order chi connectivity index (χ0) is 13.8. The molecule has 1 N–H and O–H groups in total. The number of hydrogen-bond acceptors (Lipinski definition) is 3. The summed E-state index contributed by atoms with van der Waals surface area (Å²) in [6.45, 7) is 0. The van der Waals surface area contributed by atoms with Crippen molar-refractivity contribution in [2.75, 3.05) is 5.32 Å². The van der Waals surface area contributed by atoms with E-state index >= 15 is 0 Å². The number of thiazole rings is 1. The molecule has 3 aromatic rings. The van der Waals surface area contributed by atoms with Gasteiger partial charge < -0.3 is 5.32 Å². The lowest BCUT2D eigenvalue weighted by atomic mass is 10.1. The molecule has 0 bridgehead atoms. The molecule has 1 aromatic heterocycles. The highest BCUT2D eigenvalue weighted by Gasteiger charge is 2.05. The molecule has 0 fully saturated rings. The predicted molar refractivity (Wildman–Crippen MR) is 86.1 cm³/mol. The van der Waals surface area contributed by atoms with E-state index in [0.717, 1.165) is 27.8 Å². The molecule has 0 radical (unpaired) electrons. The largest absolute Gasteiger partial charge is 0.332 e. The molecule has 0 aliphatic heterocycles. The Kier molecular flexibility index (Phi) is 4.00. The smallest absolute Gasteiger partial charge is 0.187 e. The Hall–Kier alpha value is -1.84. The molecule has 100 valence electrons. The van der Waals surface area contributed by atoms with Crippen molar-refractivity contribution in [3.05, 3.63) is 76.3 Å². The highest BCUT2D eigenvalue weighted by atomic mass is 35.5. The number of anilines is 2. The maximum absolute atomic E-state index is 6.18. The van der Waals surface area contributed by atoms with Crippen molar-refractivity contribution in [3.8, 4) is 0 Å². The summed E-state index contributed by atoms with van der Waals surface area (Å²) < 4.78 is 0. The van der Waals surface area contributed by atoms with Crippen LogP contribution in [0.1, 0.15) is 10.4 Å². The summed E-state index contributed by atoms with van der Waals surface area (Å²) in [6, 6.07) is 18.0. The number of nitrogens with one attached hydrogen (secondary N) is 1. The third-order valence-corrected chi connectivity index (χ3v) is 4.18. The minimum Gasteiger partial charge on any atom is -0.332 e. The molecule has 2 aromatic carbocycles. The van der Waals surface area contributed by atoms with E-state index in [0.29, 0.717) is 0 Å². The molecule has 0 atom stereocenters. The van der Waals surface area contributed by atoms with E-state index in [4.69, 9.17) is 11.6 Å². The maximum atomic E-state index is 6.18. The van der Waals surface area contributed by atoms with Crippen LogP contribution in [0.2, 0.25) is 5.02 Å². The predicted octanol–water partition coefficient (Wildman–Crippen LogP) is 5.13. The molecule has 0 unspecified atom stereocenters. The fourth-order valence-electron chi connectivity index (χ4n) is 1.92. The van der Waals surface area contributed by atoms with Crippen LogP contribution in [-0.4, -0.2) is 4.98 Å². The van der Waals surface area contributed by atoms with Crippen LogP contribution in [0, 0.1) is 0 Å². The highest BCUT2D eigenvalue weighted by Crippen LogP contribution is 2.26. The van der Waals surface area contributed by atoms with Gasteiger partial charge in [0.1, 0.15) is 0 Å². The van der Waals surface area contributed by atoms with E-state index < -0.39 is 0 Å². The Morgan fingerprint density at radius 3 is 2.55 bits per heavy atom. The first-order valence-electron chi connectivity index (χ1n) is 6.31. The number of hydrogen-bond donors (Lipinski definition) is 1. The molecule has 0 aliphatic rings. The van der Waals surface area contributed by atoms with E-state index in [-0.39, 0.29) is 0 Å². The van der Waals surface area contributed by atoms with Gasteiger partial charge in [-0.05, 0) is 23.8 Å². The quantitative estimate of drug-likeness (QED) is 0.722. The normalized spacial score (nSPS) is 10.4. The van der Waals surface area contributed by atoms with E-state index in [1.165, 1.54) is 4.88 Å². The van der Waals surface area contributed by atoms with E-state index in [1.807, 2.05) is 60.8 Å². The Bertz CT molecular complexity index is 694. The summed E-state index contributed by atoms with van der Waals surface area (Å²) in [5.41, 5.74) is 2.18. The summed E-state index contributed by atoms with van der Waals surface area (Å²) in [7, 11) is 0. The van der Waals surface area contributed by atoms with E-state index in [2.05, 4.69) is 10.3 Å². The average molecular weight is 301 g/mol. The first-order chi connectivity index (χ1) is 9.81. The Morgan fingerprint density at radius 2 is 1.75 bits per heavy atom. The van der Waals surface area contributed by atoms with Gasteiger partial charge in [0.05, 0.1) is 0 Å². The molecule has 0 saturated carbocycles. The molecule has 0 aliphatic carbocycles. The van der Waals surface area contributed by atoms with Gasteiger partial charge in [-0.2, -0.15) is 0 Å². The number of halogens is 1. The van der Waals surface area contributed by atoms with Crippen LogP contribution in [0.4, 0.5) is 10.8 Å². The van der Waals surface area contributed by atoms with Crippen LogP contribution >= 0.6 is 22.9 Å². The fourth-order valence-corrected chi connectivity index (χ4v) is 2.98. The van der Waals surface area contributed by atoms with Crippen molar-refractivity contribution in [2.45, 2.75) is 6.42 Å². The van der Waals surface area contributed by atoms with Crippen LogP contribution in [0.5, 0.6) is 0 Å². The van der Waals surface area contributed by atoms with Crippen molar-refractivity contribution in [1.29, 1.82) is 0 Å². The highest BCUT2D eigenvalue weighted by molar-refractivity contribution is 7.15. The molecule has 0 spiro atoms. The number of rotatable bonds is 4. The minimum atomic E-state index is 0.804. The topological polar surface area (TPSA) is 24.9 Å². The van der Waals surface area contributed by atoms with Crippen LogP contribution in [0.3, 0.4) is 0 Å². The van der Waals surface area contributed by atoms with Crippen LogP contribution in [-0.2, 0) is 6.42 Å². The number of aromatic nitrogens is 1. The molecule has 1 heterocycles. The second-order valence-electron chi connectivity index (χ2n) is 4.39. The molecule has 4 heteroatoms. The third kappa shape index (κ3) is 3.18. The summed E-state index contributed by atoms with van der Waals surface area (Å²) in [6.07, 6.45) is 2.72. The zero-order valence-electron chi connectivity index (χ0n) is 10.7. The van der Waals surface area contributed by atoms with Crippen molar-refractivity contribution in [1.82, 2.24) is 4.98 Å². The van der Waals surface area contributed by atoms with Gasteiger partial charge in [0, 0.05) is 28.2 Å². The fraction of sp³-hybridized carbons (Fsp3) is 0.0625. The second-order valence-corrected chi connectivity index (χ2v) is 5.91. The first kappa shape index (κ1) is 13.2. The Labute approximate surface area is 127 Å². The van der Waals surface area contributed by atoms with Crippen molar-refractivity contribution >= 4 is 33.8 Å². The van der Waals surface area contributed by atoms with Gasteiger partial charge in [-0.3, -0.25) is 0 Å². The minimum absolute atomic E-state index is 0.804. The molecular weight excluding hydrogens is 288 g/mol. The van der Waals surface area contributed by atoms with Crippen LogP contribution in [0.25, 0.3) is 0 Å². The third-order valence-electron chi connectivity index (χ3n) is 2.90. The molecule has 0 amide bonds. The Morgan fingerprint density at radius 1 is 1.00 bits per heavy atom. The van der Waals surface area contributed by atoms with Crippen molar-refractivity contribution < 1.29 is 0 Å². The van der Waals surface area contributed by atoms with Gasteiger partial charge in [-0.25, -0.2) is 4.98 Å². The van der Waals surface area contributed by atoms with Crippen molar-refractivity contribution in [2.24, 2.45) is 0 Å². The average Bonchev–Trinajstić information content (AvgIpc) is 2.90. The lowest BCUT2D eigenvalue weighted by Gasteiger charge is -2.01. The molecular formula is C16H13ClN2S. The van der Waals surface area contributed by atoms with Crippen LogP contribution < -0.4 is 5.32 Å². The summed E-state index contributed by atoms with van der Waals surface area (Å²) >= 11 is 7.83. The van der Waals surface area contributed by atoms with Gasteiger partial charge in [0.2, 0.25) is 0 Å². The zero-order valence-corrected chi connectivity index (χ0v) is 12.3. The molecule has 3 rings (SSSR count). The van der Waals surface area contributed by atoms with Gasteiger partial charge in [0.25, 0.3) is 0 Å². The number of para-hydroxylation sites is 1. The van der Waals surface area contributed by atoms with Gasteiger partial charge in [0.15, 0.2) is 5.13 Å². The van der Waals surface area contributed by atoms with E-state index in [1.54, 1.807) is 11.3 Å². The molecule has 0 saturated heterocycles. The van der Waals surface area contributed by atoms with Crippen LogP contribution in [0.15, 0.2) is 60.8 Å². The SMILES string of the molecule is Clc1ccccc1Cc1cnc(Nc2ccccc2)s1. The van der Waals surface area contributed by atoms with E-state index in [9.17, 15) is 0 Å². The monoisotopic (exact) mass is 300 g/mol. The van der Waals surface area contributed by atoms with Gasteiger partial charge >= 0.3 is 0 Å². The van der Waals surface area contributed by atoms with Crippen molar-refractivity contribution in [3.63, 3.8) is 0 Å². The standard InChI is InChI=1S/C16H13ClN2S/c17-15-9-5-4-6-12(15)10-14-11-18-16(20-14)19-13-7-2-1-3-8-13/h1-9,11H,10H2,(H,18,19). The lowest BCUT2D eigenvalue weighted by Crippen LogP contribution is -1.87. The van der Waals surface area contributed by atoms with Gasteiger partial charge in [-0.1, -0.05) is 48.0 Å². The maximum Gasteiger partial charge on any atom is 0.187 e. The summed E-state index contributed by atoms with van der Waals surface area (Å²) in [5.74, 6) is 0. The molecule has 2 nitrogen and oxygen atoms in total. The lowest BCUT2D eigenvalue weighted by molar-refractivity contribution is 1.22.